The fourth-order valence-electron chi connectivity index (χ4n) is 2.22. The van der Waals surface area contributed by atoms with E-state index in [0.717, 1.165) is 17.0 Å². The van der Waals surface area contributed by atoms with E-state index in [1.165, 1.54) is 0 Å². The molecule has 0 aliphatic rings. The van der Waals surface area contributed by atoms with Gasteiger partial charge in [-0.25, -0.2) is 0 Å². The molecule has 0 atom stereocenters. The van der Waals surface area contributed by atoms with Crippen molar-refractivity contribution in [3.8, 4) is 17.3 Å². The summed E-state index contributed by atoms with van der Waals surface area (Å²) in [5.41, 5.74) is 4.43. The number of hydrogen-bond acceptors (Lipinski definition) is 3. The van der Waals surface area contributed by atoms with Crippen LogP contribution in [0.25, 0.3) is 11.3 Å². The maximum absolute atomic E-state index is 12.2. The number of nitrogens with one attached hydrogen (secondary N) is 2. The second-order valence-electron chi connectivity index (χ2n) is 5.16. The zero-order chi connectivity index (χ0) is 16.2. The first-order valence-electron chi connectivity index (χ1n) is 7.10. The van der Waals surface area contributed by atoms with Crippen LogP contribution in [0.2, 0.25) is 0 Å². The van der Waals surface area contributed by atoms with Crippen LogP contribution in [0.1, 0.15) is 21.6 Å². The summed E-state index contributed by atoms with van der Waals surface area (Å²) in [6.07, 6.45) is 0. The number of hydrogen-bond donors (Lipinski definition) is 2. The maximum atomic E-state index is 12.2. The highest BCUT2D eigenvalue weighted by Gasteiger charge is 2.07. The molecule has 1 heterocycles. The molecule has 5 heteroatoms. The molecule has 0 aliphatic heterocycles. The molecule has 3 rings (SSSR count). The Morgan fingerprint density at radius 2 is 1.96 bits per heavy atom. The molecule has 3 aromatic rings. The molecule has 0 spiro atoms. The SMILES string of the molecule is Cc1cc(-c2ccc(NC(=O)c3cccc(C#N)c3)cc2)n[nH]1. The minimum atomic E-state index is -0.245. The molecule has 1 aromatic heterocycles. The first-order chi connectivity index (χ1) is 11.2. The van der Waals surface area contributed by atoms with Crippen molar-refractivity contribution >= 4 is 11.6 Å². The summed E-state index contributed by atoms with van der Waals surface area (Å²) in [4.78, 5) is 12.2. The van der Waals surface area contributed by atoms with Gasteiger partial charge < -0.3 is 5.32 Å². The minimum absolute atomic E-state index is 0.245. The smallest absolute Gasteiger partial charge is 0.255 e. The van der Waals surface area contributed by atoms with Crippen molar-refractivity contribution in [1.29, 1.82) is 5.26 Å². The molecule has 112 valence electrons. The second kappa shape index (κ2) is 6.16. The average molecular weight is 302 g/mol. The molecular weight excluding hydrogens is 288 g/mol. The normalized spacial score (nSPS) is 10.1. The van der Waals surface area contributed by atoms with Gasteiger partial charge in [0.2, 0.25) is 0 Å². The lowest BCUT2D eigenvalue weighted by Crippen LogP contribution is -2.11. The fourth-order valence-corrected chi connectivity index (χ4v) is 2.22. The number of H-pyrrole nitrogens is 1. The highest BCUT2D eigenvalue weighted by Crippen LogP contribution is 2.20. The number of rotatable bonds is 3. The summed E-state index contributed by atoms with van der Waals surface area (Å²) < 4.78 is 0. The first kappa shape index (κ1) is 14.5. The summed E-state index contributed by atoms with van der Waals surface area (Å²) >= 11 is 0. The number of aryl methyl sites for hydroxylation is 1. The van der Waals surface area contributed by atoms with Gasteiger partial charge in [-0.15, -0.1) is 0 Å². The molecule has 0 aliphatic carbocycles. The van der Waals surface area contributed by atoms with Crippen molar-refractivity contribution in [2.24, 2.45) is 0 Å². The van der Waals surface area contributed by atoms with Crippen LogP contribution in [-0.4, -0.2) is 16.1 Å². The highest BCUT2D eigenvalue weighted by atomic mass is 16.1. The topological polar surface area (TPSA) is 81.6 Å². The van der Waals surface area contributed by atoms with Gasteiger partial charge in [0, 0.05) is 22.5 Å². The molecule has 2 N–H and O–H groups in total. The number of aromatic amines is 1. The predicted octanol–water partition coefficient (Wildman–Crippen LogP) is 3.51. The van der Waals surface area contributed by atoms with Gasteiger partial charge in [0.25, 0.3) is 5.91 Å². The highest BCUT2D eigenvalue weighted by molar-refractivity contribution is 6.04. The van der Waals surface area contributed by atoms with E-state index in [-0.39, 0.29) is 5.91 Å². The van der Waals surface area contributed by atoms with Crippen molar-refractivity contribution in [3.63, 3.8) is 0 Å². The molecule has 0 radical (unpaired) electrons. The van der Waals surface area contributed by atoms with Crippen molar-refractivity contribution in [3.05, 3.63) is 71.4 Å². The number of amides is 1. The number of nitrogens with zero attached hydrogens (tertiary/aromatic N) is 2. The molecule has 0 fully saturated rings. The predicted molar refractivity (Wildman–Crippen MR) is 87.9 cm³/mol. The van der Waals surface area contributed by atoms with E-state index in [9.17, 15) is 4.79 Å². The summed E-state index contributed by atoms with van der Waals surface area (Å²) in [6, 6.07) is 18.0. The molecule has 0 bridgehead atoms. The summed E-state index contributed by atoms with van der Waals surface area (Å²) in [5, 5.41) is 18.8. The standard InChI is InChI=1S/C18H14N4O/c1-12-9-17(22-21-12)14-5-7-16(8-6-14)20-18(23)15-4-2-3-13(10-15)11-19/h2-10H,1H3,(H,20,23)(H,21,22). The zero-order valence-electron chi connectivity index (χ0n) is 12.5. The Balaban J connectivity index is 1.75. The Morgan fingerprint density at radius 3 is 2.61 bits per heavy atom. The third kappa shape index (κ3) is 3.27. The molecular formula is C18H14N4O. The summed E-state index contributed by atoms with van der Waals surface area (Å²) in [5.74, 6) is -0.245. The van der Waals surface area contributed by atoms with Crippen molar-refractivity contribution in [2.45, 2.75) is 6.92 Å². The number of aromatic nitrogens is 2. The van der Waals surface area contributed by atoms with Crippen LogP contribution in [0.4, 0.5) is 5.69 Å². The lowest BCUT2D eigenvalue weighted by molar-refractivity contribution is 0.102. The van der Waals surface area contributed by atoms with Crippen LogP contribution in [0.15, 0.2) is 54.6 Å². The zero-order valence-corrected chi connectivity index (χ0v) is 12.5. The Hall–Kier alpha value is -3.39. The molecule has 1 amide bonds. The Kier molecular flexibility index (Phi) is 3.89. The van der Waals surface area contributed by atoms with E-state index < -0.39 is 0 Å². The average Bonchev–Trinajstić information content (AvgIpc) is 3.02. The third-order valence-corrected chi connectivity index (χ3v) is 3.40. The summed E-state index contributed by atoms with van der Waals surface area (Å²) in [7, 11) is 0. The lowest BCUT2D eigenvalue weighted by Gasteiger charge is -2.06. The van der Waals surface area contributed by atoms with Gasteiger partial charge in [-0.2, -0.15) is 10.4 Å². The van der Waals surface area contributed by atoms with Crippen molar-refractivity contribution < 1.29 is 4.79 Å². The molecule has 2 aromatic carbocycles. The molecule has 5 nitrogen and oxygen atoms in total. The van der Waals surface area contributed by atoms with Gasteiger partial charge in [0.15, 0.2) is 0 Å². The molecule has 23 heavy (non-hydrogen) atoms. The van der Waals surface area contributed by atoms with Crippen molar-refractivity contribution in [2.75, 3.05) is 5.32 Å². The molecule has 0 saturated carbocycles. The van der Waals surface area contributed by atoms with E-state index >= 15 is 0 Å². The second-order valence-corrected chi connectivity index (χ2v) is 5.16. The Morgan fingerprint density at radius 1 is 1.17 bits per heavy atom. The van der Waals surface area contributed by atoms with E-state index in [4.69, 9.17) is 5.26 Å². The van der Waals surface area contributed by atoms with Crippen LogP contribution in [0, 0.1) is 18.3 Å². The lowest BCUT2D eigenvalue weighted by atomic mass is 10.1. The number of anilines is 1. The largest absolute Gasteiger partial charge is 0.322 e. The van der Waals surface area contributed by atoms with Crippen molar-refractivity contribution in [1.82, 2.24) is 10.2 Å². The minimum Gasteiger partial charge on any atom is -0.322 e. The van der Waals surface area contributed by atoms with E-state index in [2.05, 4.69) is 15.5 Å². The fraction of sp³-hybridized carbons (Fsp3) is 0.0556. The van der Waals surface area contributed by atoms with Crippen LogP contribution in [0.5, 0.6) is 0 Å². The number of benzene rings is 2. The van der Waals surface area contributed by atoms with Gasteiger partial charge in [0.05, 0.1) is 17.3 Å². The van der Waals surface area contributed by atoms with Gasteiger partial charge in [-0.1, -0.05) is 18.2 Å². The van der Waals surface area contributed by atoms with Gasteiger partial charge in [-0.3, -0.25) is 9.89 Å². The van der Waals surface area contributed by atoms with E-state index in [0.29, 0.717) is 16.8 Å². The maximum Gasteiger partial charge on any atom is 0.255 e. The van der Waals surface area contributed by atoms with Crippen LogP contribution in [0.3, 0.4) is 0 Å². The van der Waals surface area contributed by atoms with Crippen LogP contribution < -0.4 is 5.32 Å². The quantitative estimate of drug-likeness (QED) is 0.776. The first-order valence-corrected chi connectivity index (χ1v) is 7.10. The van der Waals surface area contributed by atoms with E-state index in [1.54, 1.807) is 24.3 Å². The summed E-state index contributed by atoms with van der Waals surface area (Å²) in [6.45, 7) is 1.94. The Labute approximate surface area is 133 Å². The Bertz CT molecular complexity index is 888. The van der Waals surface area contributed by atoms with Crippen LogP contribution >= 0.6 is 0 Å². The van der Waals surface area contributed by atoms with Crippen LogP contribution in [-0.2, 0) is 0 Å². The molecule has 0 saturated heterocycles. The number of carbonyl (C=O) groups excluding carboxylic acids is 1. The van der Waals surface area contributed by atoms with Gasteiger partial charge in [0.1, 0.15) is 0 Å². The monoisotopic (exact) mass is 302 g/mol. The van der Waals surface area contributed by atoms with Gasteiger partial charge >= 0.3 is 0 Å². The van der Waals surface area contributed by atoms with Gasteiger partial charge in [-0.05, 0) is 43.3 Å². The number of carbonyl (C=O) groups is 1. The van der Waals surface area contributed by atoms with E-state index in [1.807, 2.05) is 43.3 Å². The third-order valence-electron chi connectivity index (χ3n) is 3.40. The molecule has 0 unspecified atom stereocenters. The number of nitriles is 1.